The molecule has 0 saturated carbocycles. The molecule has 0 radical (unpaired) electrons. The van der Waals surface area contributed by atoms with Crippen LogP contribution in [0.25, 0.3) is 10.8 Å². The van der Waals surface area contributed by atoms with Gasteiger partial charge >= 0.3 is 5.97 Å². The Hall–Kier alpha value is -3.53. The van der Waals surface area contributed by atoms with Crippen LogP contribution in [-0.2, 0) is 20.9 Å². The second kappa shape index (κ2) is 12.3. The van der Waals surface area contributed by atoms with E-state index in [9.17, 15) is 14.4 Å². The lowest BCUT2D eigenvalue weighted by molar-refractivity contribution is -0.154. The van der Waals surface area contributed by atoms with Crippen molar-refractivity contribution in [2.75, 3.05) is 13.2 Å². The number of aryl methyl sites for hydroxylation is 1. The number of hydrogen-bond donors (Lipinski definition) is 1. The zero-order chi connectivity index (χ0) is 25.4. The third kappa shape index (κ3) is 7.22. The Morgan fingerprint density at radius 1 is 1.14 bits per heavy atom. The van der Waals surface area contributed by atoms with Gasteiger partial charge in [-0.15, -0.1) is 21.5 Å². The normalized spacial score (nSPS) is 11.8. The summed E-state index contributed by atoms with van der Waals surface area (Å²) in [6.07, 6.45) is 0.701. The number of benzene rings is 1. The van der Waals surface area contributed by atoms with Crippen LogP contribution >= 0.6 is 11.3 Å². The summed E-state index contributed by atoms with van der Waals surface area (Å²) >= 11 is 1.48. The predicted molar refractivity (Wildman–Crippen MR) is 132 cm³/mol. The van der Waals surface area contributed by atoms with E-state index < -0.39 is 18.6 Å². The molecule has 10 heteroatoms. The average molecular weight is 499 g/mol. The molecule has 0 spiro atoms. The number of amides is 2. The van der Waals surface area contributed by atoms with Crippen molar-refractivity contribution in [2.24, 2.45) is 5.92 Å². The zero-order valence-corrected chi connectivity index (χ0v) is 21.1. The minimum absolute atomic E-state index is 0.111. The SMILES string of the molecule is CCCN(Cc1nnc(-c2cccs2)o1)C(=O)COC(=O)[C@@H](NC(=O)c1ccc(C)cc1)C(C)C. The van der Waals surface area contributed by atoms with Crippen LogP contribution in [0.3, 0.4) is 0 Å². The molecule has 0 aliphatic rings. The summed E-state index contributed by atoms with van der Waals surface area (Å²) < 4.78 is 11.0. The number of rotatable bonds is 11. The molecule has 2 heterocycles. The first kappa shape index (κ1) is 26.1. The van der Waals surface area contributed by atoms with Gasteiger partial charge in [-0.2, -0.15) is 0 Å². The molecule has 3 rings (SSSR count). The topological polar surface area (TPSA) is 115 Å². The molecule has 2 amide bonds. The van der Waals surface area contributed by atoms with Gasteiger partial charge in [0.25, 0.3) is 17.7 Å². The van der Waals surface area contributed by atoms with E-state index >= 15 is 0 Å². The maximum atomic E-state index is 12.8. The van der Waals surface area contributed by atoms with Gasteiger partial charge in [-0.25, -0.2) is 4.79 Å². The maximum absolute atomic E-state index is 12.8. The van der Waals surface area contributed by atoms with Crippen LogP contribution in [0.5, 0.6) is 0 Å². The van der Waals surface area contributed by atoms with E-state index in [1.807, 2.05) is 43.5 Å². The number of hydrogen-bond acceptors (Lipinski definition) is 8. The third-order valence-electron chi connectivity index (χ3n) is 5.23. The van der Waals surface area contributed by atoms with Crippen molar-refractivity contribution in [3.63, 3.8) is 0 Å². The molecular weight excluding hydrogens is 468 g/mol. The lowest BCUT2D eigenvalue weighted by Crippen LogP contribution is -2.46. The molecule has 0 fully saturated rings. The Labute approximate surface area is 208 Å². The van der Waals surface area contributed by atoms with E-state index in [2.05, 4.69) is 15.5 Å². The largest absolute Gasteiger partial charge is 0.454 e. The molecule has 0 aliphatic heterocycles. The molecule has 0 saturated heterocycles. The van der Waals surface area contributed by atoms with E-state index in [0.29, 0.717) is 30.3 Å². The van der Waals surface area contributed by atoms with Crippen LogP contribution in [0.15, 0.2) is 46.2 Å². The number of nitrogens with one attached hydrogen (secondary N) is 1. The van der Waals surface area contributed by atoms with Crippen molar-refractivity contribution in [3.8, 4) is 10.8 Å². The number of thiophene rings is 1. The highest BCUT2D eigenvalue weighted by Gasteiger charge is 2.28. The Balaban J connectivity index is 1.58. The van der Waals surface area contributed by atoms with Crippen LogP contribution in [0.1, 0.15) is 49.0 Å². The molecule has 9 nitrogen and oxygen atoms in total. The number of aromatic nitrogens is 2. The summed E-state index contributed by atoms with van der Waals surface area (Å²) in [4.78, 5) is 40.5. The van der Waals surface area contributed by atoms with Crippen LogP contribution < -0.4 is 5.32 Å². The van der Waals surface area contributed by atoms with E-state index in [1.54, 1.807) is 26.0 Å². The molecule has 0 unspecified atom stereocenters. The highest BCUT2D eigenvalue weighted by Crippen LogP contribution is 2.23. The van der Waals surface area contributed by atoms with Gasteiger partial charge in [-0.05, 0) is 42.8 Å². The van der Waals surface area contributed by atoms with Crippen molar-refractivity contribution >= 4 is 29.1 Å². The van der Waals surface area contributed by atoms with Gasteiger partial charge in [0.05, 0.1) is 11.4 Å². The summed E-state index contributed by atoms with van der Waals surface area (Å²) in [6.45, 7) is 7.56. The van der Waals surface area contributed by atoms with Crippen molar-refractivity contribution < 1.29 is 23.5 Å². The molecular formula is C25H30N4O5S. The van der Waals surface area contributed by atoms with Crippen LogP contribution in [0, 0.1) is 12.8 Å². The molecule has 0 aliphatic carbocycles. The van der Waals surface area contributed by atoms with E-state index in [4.69, 9.17) is 9.15 Å². The minimum Gasteiger partial charge on any atom is -0.454 e. The van der Waals surface area contributed by atoms with E-state index in [-0.39, 0.29) is 24.3 Å². The molecule has 1 aromatic carbocycles. The lowest BCUT2D eigenvalue weighted by atomic mass is 10.0. The average Bonchev–Trinajstić information content (AvgIpc) is 3.53. The fourth-order valence-electron chi connectivity index (χ4n) is 3.28. The summed E-state index contributed by atoms with van der Waals surface area (Å²) in [7, 11) is 0. The zero-order valence-electron chi connectivity index (χ0n) is 20.3. The van der Waals surface area contributed by atoms with Gasteiger partial charge < -0.3 is 19.4 Å². The summed E-state index contributed by atoms with van der Waals surface area (Å²) in [5.74, 6) is -0.960. The van der Waals surface area contributed by atoms with Gasteiger partial charge in [-0.3, -0.25) is 9.59 Å². The summed E-state index contributed by atoms with van der Waals surface area (Å²) in [5, 5.41) is 12.7. The maximum Gasteiger partial charge on any atom is 0.329 e. The molecule has 3 aromatic rings. The fourth-order valence-corrected chi connectivity index (χ4v) is 3.93. The number of nitrogens with zero attached hydrogens (tertiary/aromatic N) is 3. The molecule has 186 valence electrons. The Morgan fingerprint density at radius 3 is 2.51 bits per heavy atom. The summed E-state index contributed by atoms with van der Waals surface area (Å²) in [6, 6.07) is 9.91. The molecule has 1 N–H and O–H groups in total. The Kier molecular flexibility index (Phi) is 9.13. The van der Waals surface area contributed by atoms with Crippen LogP contribution in [0.2, 0.25) is 0 Å². The summed E-state index contributed by atoms with van der Waals surface area (Å²) in [5.41, 5.74) is 1.47. The van der Waals surface area contributed by atoms with Crippen molar-refractivity contribution in [1.29, 1.82) is 0 Å². The first-order valence-electron chi connectivity index (χ1n) is 11.5. The van der Waals surface area contributed by atoms with Crippen molar-refractivity contribution in [3.05, 3.63) is 58.8 Å². The first-order valence-corrected chi connectivity index (χ1v) is 12.3. The highest BCUT2D eigenvalue weighted by atomic mass is 32.1. The first-order chi connectivity index (χ1) is 16.8. The number of carbonyl (C=O) groups excluding carboxylic acids is 3. The minimum atomic E-state index is -0.888. The highest BCUT2D eigenvalue weighted by molar-refractivity contribution is 7.13. The predicted octanol–water partition coefficient (Wildman–Crippen LogP) is 3.84. The van der Waals surface area contributed by atoms with Crippen LogP contribution in [-0.4, -0.2) is 52.1 Å². The van der Waals surface area contributed by atoms with Gasteiger partial charge in [0.1, 0.15) is 6.04 Å². The molecule has 2 aromatic heterocycles. The van der Waals surface area contributed by atoms with Gasteiger partial charge in [0, 0.05) is 12.1 Å². The van der Waals surface area contributed by atoms with Crippen molar-refractivity contribution in [1.82, 2.24) is 20.4 Å². The number of carbonyl (C=O) groups is 3. The molecule has 0 bridgehead atoms. The van der Waals surface area contributed by atoms with E-state index in [1.165, 1.54) is 16.2 Å². The number of esters is 1. The lowest BCUT2D eigenvalue weighted by Gasteiger charge is -2.23. The monoisotopic (exact) mass is 498 g/mol. The van der Waals surface area contributed by atoms with Gasteiger partial charge in [0.15, 0.2) is 6.61 Å². The Morgan fingerprint density at radius 2 is 1.89 bits per heavy atom. The quantitative estimate of drug-likeness (QED) is 0.399. The third-order valence-corrected chi connectivity index (χ3v) is 6.09. The molecule has 1 atom stereocenters. The van der Waals surface area contributed by atoms with E-state index in [0.717, 1.165) is 10.4 Å². The smallest absolute Gasteiger partial charge is 0.329 e. The second-order valence-corrected chi connectivity index (χ2v) is 9.41. The molecule has 35 heavy (non-hydrogen) atoms. The fraction of sp³-hybridized carbons (Fsp3) is 0.400. The number of ether oxygens (including phenoxy) is 1. The standard InChI is InChI=1S/C25H30N4O5S/c1-5-12-29(14-20-27-28-24(34-20)19-7-6-13-35-19)21(30)15-33-25(32)22(16(2)3)26-23(31)18-10-8-17(4)9-11-18/h6-11,13,16,22H,5,12,14-15H2,1-4H3,(H,26,31)/t22-/m0/s1. The Bertz CT molecular complexity index is 1130. The van der Waals surface area contributed by atoms with Gasteiger partial charge in [-0.1, -0.05) is 44.5 Å². The van der Waals surface area contributed by atoms with Gasteiger partial charge in [0.2, 0.25) is 5.89 Å². The van der Waals surface area contributed by atoms with Crippen molar-refractivity contribution in [2.45, 2.75) is 46.7 Å². The second-order valence-electron chi connectivity index (χ2n) is 8.46. The van der Waals surface area contributed by atoms with Crippen LogP contribution in [0.4, 0.5) is 0 Å².